The molecule has 0 bridgehead atoms. The van der Waals surface area contributed by atoms with Crippen molar-refractivity contribution in [3.05, 3.63) is 27.7 Å². The number of fused-ring (bicyclic) bond motifs is 1. The molecule has 5 heteroatoms. The summed E-state index contributed by atoms with van der Waals surface area (Å²) < 4.78 is 6.31. The van der Waals surface area contributed by atoms with E-state index >= 15 is 0 Å². The van der Waals surface area contributed by atoms with E-state index in [0.717, 1.165) is 29.3 Å². The number of ether oxygens (including phenoxy) is 1. The largest absolute Gasteiger partial charge is 0.492 e. The van der Waals surface area contributed by atoms with Crippen molar-refractivity contribution in [3.63, 3.8) is 0 Å². The van der Waals surface area contributed by atoms with Crippen molar-refractivity contribution in [2.75, 3.05) is 6.61 Å². The topological polar surface area (TPSA) is 37.9 Å². The average Bonchev–Trinajstić information content (AvgIpc) is 2.84. The van der Waals surface area contributed by atoms with Crippen LogP contribution in [0.5, 0.6) is 5.75 Å². The number of H-pyrrole nitrogens is 1. The molecule has 76 valence electrons. The third kappa shape index (κ3) is 1.48. The molecule has 1 aromatic carbocycles. The first kappa shape index (κ1) is 9.06. The van der Waals surface area contributed by atoms with Gasteiger partial charge in [0.15, 0.2) is 3.95 Å². The summed E-state index contributed by atoms with van der Waals surface area (Å²) in [6.07, 6.45) is 0.985. The molecule has 15 heavy (non-hydrogen) atoms. The van der Waals surface area contributed by atoms with Crippen LogP contribution in [0.4, 0.5) is 0 Å². The first-order chi connectivity index (χ1) is 7.34. The number of para-hydroxylation sites is 1. The predicted molar refractivity (Wildman–Crippen MR) is 61.9 cm³/mol. The van der Waals surface area contributed by atoms with Crippen molar-refractivity contribution in [3.8, 4) is 16.3 Å². The summed E-state index contributed by atoms with van der Waals surface area (Å²) in [5, 5.41) is 7.86. The van der Waals surface area contributed by atoms with Gasteiger partial charge in [0, 0.05) is 6.42 Å². The highest BCUT2D eigenvalue weighted by molar-refractivity contribution is 7.73. The van der Waals surface area contributed by atoms with E-state index in [9.17, 15) is 0 Å². The lowest BCUT2D eigenvalue weighted by Gasteiger charge is -2.03. The molecular formula is C10H8N2OS2. The standard InChI is InChI=1S/C10H8N2OS2/c14-10-12-11-9(15-10)7-3-1-2-6-4-5-13-8(6)7/h1-3H,4-5H2,(H,12,14). The van der Waals surface area contributed by atoms with E-state index in [1.807, 2.05) is 12.1 Å². The van der Waals surface area contributed by atoms with Crippen molar-refractivity contribution >= 4 is 23.6 Å². The van der Waals surface area contributed by atoms with E-state index in [-0.39, 0.29) is 0 Å². The van der Waals surface area contributed by atoms with E-state index in [1.54, 1.807) is 0 Å². The van der Waals surface area contributed by atoms with Gasteiger partial charge in [0.05, 0.1) is 12.2 Å². The SMILES string of the molecule is S=c1[nH]nc(-c2cccc3c2OCC3)s1. The average molecular weight is 236 g/mol. The summed E-state index contributed by atoms with van der Waals surface area (Å²) in [4.78, 5) is 0. The first-order valence-electron chi connectivity index (χ1n) is 4.65. The number of rotatable bonds is 1. The van der Waals surface area contributed by atoms with Gasteiger partial charge in [0.1, 0.15) is 10.8 Å². The van der Waals surface area contributed by atoms with Crippen molar-refractivity contribution < 1.29 is 4.74 Å². The van der Waals surface area contributed by atoms with Crippen molar-refractivity contribution in [1.82, 2.24) is 10.2 Å². The molecule has 0 radical (unpaired) electrons. The van der Waals surface area contributed by atoms with Crippen LogP contribution in [0.2, 0.25) is 0 Å². The summed E-state index contributed by atoms with van der Waals surface area (Å²) in [7, 11) is 0. The van der Waals surface area contributed by atoms with E-state index < -0.39 is 0 Å². The Bertz CT molecular complexity index is 559. The molecule has 0 aliphatic carbocycles. The monoisotopic (exact) mass is 236 g/mol. The Labute approximate surface area is 95.7 Å². The van der Waals surface area contributed by atoms with Crippen LogP contribution in [0.1, 0.15) is 5.56 Å². The quantitative estimate of drug-likeness (QED) is 0.774. The molecule has 3 rings (SSSR count). The fourth-order valence-electron chi connectivity index (χ4n) is 1.73. The third-order valence-corrected chi connectivity index (χ3v) is 3.51. The minimum absolute atomic E-state index is 0.695. The molecule has 1 aliphatic heterocycles. The molecule has 0 spiro atoms. The van der Waals surface area contributed by atoms with Gasteiger partial charge < -0.3 is 4.74 Å². The zero-order valence-corrected chi connectivity index (χ0v) is 9.45. The molecule has 0 unspecified atom stereocenters. The second-order valence-electron chi connectivity index (χ2n) is 3.31. The van der Waals surface area contributed by atoms with Crippen LogP contribution < -0.4 is 4.74 Å². The molecule has 0 saturated carbocycles. The van der Waals surface area contributed by atoms with E-state index in [1.165, 1.54) is 16.9 Å². The zero-order chi connectivity index (χ0) is 10.3. The van der Waals surface area contributed by atoms with Gasteiger partial charge in [-0.15, -0.1) is 0 Å². The van der Waals surface area contributed by atoms with Crippen LogP contribution in [-0.2, 0) is 6.42 Å². The number of nitrogens with zero attached hydrogens (tertiary/aromatic N) is 1. The Kier molecular flexibility index (Phi) is 2.07. The highest BCUT2D eigenvalue weighted by atomic mass is 32.1. The molecule has 2 heterocycles. The fraction of sp³-hybridized carbons (Fsp3) is 0.200. The van der Waals surface area contributed by atoms with Crippen LogP contribution in [-0.4, -0.2) is 16.8 Å². The van der Waals surface area contributed by atoms with Gasteiger partial charge in [-0.2, -0.15) is 5.10 Å². The molecule has 2 aromatic rings. The van der Waals surface area contributed by atoms with Crippen LogP contribution in [0.15, 0.2) is 18.2 Å². The minimum atomic E-state index is 0.695. The molecule has 3 nitrogen and oxygen atoms in total. The van der Waals surface area contributed by atoms with Crippen molar-refractivity contribution in [2.24, 2.45) is 0 Å². The van der Waals surface area contributed by atoms with Crippen LogP contribution in [0, 0.1) is 3.95 Å². The molecular weight excluding hydrogens is 228 g/mol. The molecule has 1 N–H and O–H groups in total. The van der Waals surface area contributed by atoms with Gasteiger partial charge in [0.2, 0.25) is 0 Å². The lowest BCUT2D eigenvalue weighted by atomic mass is 10.1. The number of nitrogens with one attached hydrogen (secondary N) is 1. The van der Waals surface area contributed by atoms with Gasteiger partial charge in [-0.25, -0.2) is 0 Å². The maximum atomic E-state index is 5.61. The Morgan fingerprint density at radius 3 is 3.20 bits per heavy atom. The van der Waals surface area contributed by atoms with E-state index in [4.69, 9.17) is 17.0 Å². The Morgan fingerprint density at radius 1 is 1.47 bits per heavy atom. The predicted octanol–water partition coefficient (Wildman–Crippen LogP) is 2.80. The molecule has 1 aliphatic rings. The molecule has 0 atom stereocenters. The van der Waals surface area contributed by atoms with Crippen LogP contribution in [0.3, 0.4) is 0 Å². The first-order valence-corrected chi connectivity index (χ1v) is 5.87. The summed E-state index contributed by atoms with van der Waals surface area (Å²) >= 11 is 6.50. The lowest BCUT2D eigenvalue weighted by molar-refractivity contribution is 0.358. The van der Waals surface area contributed by atoms with Crippen molar-refractivity contribution in [1.29, 1.82) is 0 Å². The fourth-order valence-corrected chi connectivity index (χ4v) is 2.64. The Morgan fingerprint density at radius 2 is 2.40 bits per heavy atom. The molecule has 1 aromatic heterocycles. The zero-order valence-electron chi connectivity index (χ0n) is 7.82. The summed E-state index contributed by atoms with van der Waals surface area (Å²) in [5.74, 6) is 0.968. The normalized spacial score (nSPS) is 13.6. The number of aromatic amines is 1. The minimum Gasteiger partial charge on any atom is -0.492 e. The second kappa shape index (κ2) is 3.43. The molecule has 0 fully saturated rings. The molecule has 0 amide bonds. The van der Waals surface area contributed by atoms with E-state index in [0.29, 0.717) is 3.95 Å². The lowest BCUT2D eigenvalue weighted by Crippen LogP contribution is -1.88. The van der Waals surface area contributed by atoms with Gasteiger partial charge in [-0.3, -0.25) is 5.10 Å². The van der Waals surface area contributed by atoms with Gasteiger partial charge in [-0.1, -0.05) is 23.5 Å². The summed E-state index contributed by atoms with van der Waals surface area (Å²) in [6, 6.07) is 6.15. The number of hydrogen-bond donors (Lipinski definition) is 1. The summed E-state index contributed by atoms with van der Waals surface area (Å²) in [5.41, 5.74) is 2.30. The maximum absolute atomic E-state index is 5.61. The number of aromatic nitrogens is 2. The third-order valence-electron chi connectivity index (χ3n) is 2.38. The van der Waals surface area contributed by atoms with Gasteiger partial charge in [-0.05, 0) is 23.8 Å². The molecule has 0 saturated heterocycles. The summed E-state index contributed by atoms with van der Waals surface area (Å²) in [6.45, 7) is 0.766. The van der Waals surface area contributed by atoms with Gasteiger partial charge >= 0.3 is 0 Å². The number of hydrogen-bond acceptors (Lipinski definition) is 4. The van der Waals surface area contributed by atoms with Crippen molar-refractivity contribution in [2.45, 2.75) is 6.42 Å². The smallest absolute Gasteiger partial charge is 0.176 e. The highest BCUT2D eigenvalue weighted by Crippen LogP contribution is 2.37. The van der Waals surface area contributed by atoms with Crippen LogP contribution >= 0.6 is 23.6 Å². The van der Waals surface area contributed by atoms with Gasteiger partial charge in [0.25, 0.3) is 0 Å². The van der Waals surface area contributed by atoms with Crippen LogP contribution in [0.25, 0.3) is 10.6 Å². The van der Waals surface area contributed by atoms with E-state index in [2.05, 4.69) is 16.3 Å². The maximum Gasteiger partial charge on any atom is 0.176 e. The number of benzene rings is 1. The second-order valence-corrected chi connectivity index (χ2v) is 4.98. The Hall–Kier alpha value is -1.20. The highest BCUT2D eigenvalue weighted by Gasteiger charge is 2.18. The Balaban J connectivity index is 2.20.